The van der Waals surface area contributed by atoms with Gasteiger partial charge >= 0.3 is 0 Å². The van der Waals surface area contributed by atoms with Gasteiger partial charge in [0.05, 0.1) is 32.2 Å². The second kappa shape index (κ2) is 7.94. The Hall–Kier alpha value is -2.74. The molecule has 0 fully saturated rings. The lowest BCUT2D eigenvalue weighted by Crippen LogP contribution is -2.34. The second-order valence-electron chi connectivity index (χ2n) is 7.26. The molecule has 7 nitrogen and oxygen atoms in total. The predicted octanol–water partition coefficient (Wildman–Crippen LogP) is 2.91. The Morgan fingerprint density at radius 3 is 2.52 bits per heavy atom. The van der Waals surface area contributed by atoms with Crippen LogP contribution in [0, 0.1) is 0 Å². The molecule has 2 aromatic rings. The normalized spacial score (nSPS) is 16.9. The quantitative estimate of drug-likeness (QED) is 0.780. The summed E-state index contributed by atoms with van der Waals surface area (Å²) in [5.74, 6) is 1.09. The highest BCUT2D eigenvalue weighted by Crippen LogP contribution is 2.35. The molecule has 2 aromatic carbocycles. The fraction of sp³-hybridized carbons (Fsp3) is 0.381. The molecule has 2 unspecified atom stereocenters. The van der Waals surface area contributed by atoms with Gasteiger partial charge in [-0.15, -0.1) is 0 Å². The molecule has 1 aliphatic rings. The van der Waals surface area contributed by atoms with E-state index < -0.39 is 10.0 Å². The second-order valence-corrected chi connectivity index (χ2v) is 9.12. The first-order valence-corrected chi connectivity index (χ1v) is 11.2. The van der Waals surface area contributed by atoms with Crippen molar-refractivity contribution in [2.24, 2.45) is 0 Å². The van der Waals surface area contributed by atoms with Gasteiger partial charge in [-0.25, -0.2) is 8.42 Å². The molecular weight excluding hydrogens is 392 g/mol. The molecule has 2 atom stereocenters. The number of nitrogens with zero attached hydrogens (tertiary/aromatic N) is 1. The van der Waals surface area contributed by atoms with Gasteiger partial charge in [0, 0.05) is 17.2 Å². The Bertz CT molecular complexity index is 1040. The van der Waals surface area contributed by atoms with Crippen LogP contribution in [0.15, 0.2) is 36.4 Å². The summed E-state index contributed by atoms with van der Waals surface area (Å²) < 4.78 is 36.2. The minimum atomic E-state index is -3.36. The number of carbonyl (C=O) groups excluding carboxylic acids is 1. The van der Waals surface area contributed by atoms with Gasteiger partial charge in [0.2, 0.25) is 10.0 Å². The number of benzene rings is 2. The van der Waals surface area contributed by atoms with Crippen LogP contribution in [0.3, 0.4) is 0 Å². The van der Waals surface area contributed by atoms with Crippen molar-refractivity contribution in [1.82, 2.24) is 5.32 Å². The number of sulfonamides is 1. The fourth-order valence-electron chi connectivity index (χ4n) is 3.78. The van der Waals surface area contributed by atoms with Gasteiger partial charge in [-0.2, -0.15) is 0 Å². The van der Waals surface area contributed by atoms with Gasteiger partial charge in [0.1, 0.15) is 11.5 Å². The van der Waals surface area contributed by atoms with Crippen LogP contribution >= 0.6 is 0 Å². The molecule has 0 radical (unpaired) electrons. The lowest BCUT2D eigenvalue weighted by molar-refractivity contribution is 0.0939. The molecule has 3 rings (SSSR count). The third-order valence-electron chi connectivity index (χ3n) is 5.10. The van der Waals surface area contributed by atoms with Crippen LogP contribution in [0.4, 0.5) is 5.69 Å². The van der Waals surface area contributed by atoms with Crippen molar-refractivity contribution in [3.05, 3.63) is 53.1 Å². The van der Waals surface area contributed by atoms with Crippen molar-refractivity contribution in [2.45, 2.75) is 32.4 Å². The van der Waals surface area contributed by atoms with E-state index in [0.717, 1.165) is 11.1 Å². The molecule has 8 heteroatoms. The Morgan fingerprint density at radius 2 is 1.90 bits per heavy atom. The SMILES string of the molecule is COc1ccc(OC)c(C(C)NC(=O)c2ccc3c(c2)CC(C)N3S(C)(=O)=O)c1. The van der Waals surface area contributed by atoms with Crippen LogP contribution < -0.4 is 19.1 Å². The van der Waals surface area contributed by atoms with Crippen LogP contribution in [-0.2, 0) is 16.4 Å². The van der Waals surface area contributed by atoms with Crippen LogP contribution in [0.5, 0.6) is 11.5 Å². The van der Waals surface area contributed by atoms with E-state index in [1.165, 1.54) is 10.6 Å². The number of carbonyl (C=O) groups is 1. The summed E-state index contributed by atoms with van der Waals surface area (Å²) in [7, 11) is -0.199. The maximum absolute atomic E-state index is 12.8. The van der Waals surface area contributed by atoms with E-state index in [0.29, 0.717) is 29.2 Å². The standard InChI is InChI=1S/C21H26N2O5S/c1-13-10-16-11-15(6-8-19(16)23(13)29(5,25)26)21(24)22-14(2)18-12-17(27-3)7-9-20(18)28-4/h6-9,11-14H,10H2,1-5H3,(H,22,24). The Morgan fingerprint density at radius 1 is 1.17 bits per heavy atom. The molecule has 1 N–H and O–H groups in total. The summed E-state index contributed by atoms with van der Waals surface area (Å²) in [6.07, 6.45) is 1.77. The van der Waals surface area contributed by atoms with Gasteiger partial charge in [-0.3, -0.25) is 9.10 Å². The first-order valence-electron chi connectivity index (χ1n) is 9.30. The largest absolute Gasteiger partial charge is 0.497 e. The zero-order valence-electron chi connectivity index (χ0n) is 17.2. The van der Waals surface area contributed by atoms with E-state index in [1.807, 2.05) is 19.9 Å². The molecule has 0 aromatic heterocycles. The average Bonchev–Trinajstić information content (AvgIpc) is 3.02. The predicted molar refractivity (Wildman–Crippen MR) is 112 cm³/mol. The Balaban J connectivity index is 1.83. The zero-order valence-corrected chi connectivity index (χ0v) is 18.0. The number of hydrogen-bond acceptors (Lipinski definition) is 5. The van der Waals surface area contributed by atoms with Crippen molar-refractivity contribution in [2.75, 3.05) is 24.8 Å². The van der Waals surface area contributed by atoms with Gasteiger partial charge in [0.25, 0.3) is 5.91 Å². The minimum absolute atomic E-state index is 0.168. The molecule has 1 heterocycles. The minimum Gasteiger partial charge on any atom is -0.497 e. The van der Waals surface area contributed by atoms with Gasteiger partial charge in [-0.1, -0.05) is 0 Å². The third kappa shape index (κ3) is 4.17. The summed E-state index contributed by atoms with van der Waals surface area (Å²) in [6.45, 7) is 3.73. The number of methoxy groups -OCH3 is 2. The number of fused-ring (bicyclic) bond motifs is 1. The highest BCUT2D eigenvalue weighted by molar-refractivity contribution is 7.92. The molecule has 1 amide bonds. The smallest absolute Gasteiger partial charge is 0.251 e. The van der Waals surface area contributed by atoms with Crippen molar-refractivity contribution in [3.63, 3.8) is 0 Å². The van der Waals surface area contributed by atoms with Gasteiger partial charge < -0.3 is 14.8 Å². The van der Waals surface area contributed by atoms with Crippen LogP contribution in [-0.4, -0.2) is 40.8 Å². The summed E-state index contributed by atoms with van der Waals surface area (Å²) >= 11 is 0. The summed E-state index contributed by atoms with van der Waals surface area (Å²) in [5, 5.41) is 2.98. The van der Waals surface area contributed by atoms with Crippen molar-refractivity contribution >= 4 is 21.6 Å². The van der Waals surface area contributed by atoms with E-state index in [-0.39, 0.29) is 18.0 Å². The highest BCUT2D eigenvalue weighted by Gasteiger charge is 2.32. The first-order chi connectivity index (χ1) is 13.7. The third-order valence-corrected chi connectivity index (χ3v) is 6.37. The average molecular weight is 419 g/mol. The van der Waals surface area contributed by atoms with E-state index >= 15 is 0 Å². The lowest BCUT2D eigenvalue weighted by Gasteiger charge is -2.22. The molecule has 0 bridgehead atoms. The van der Waals surface area contributed by atoms with Gasteiger partial charge in [-0.05, 0) is 62.2 Å². The summed E-state index contributed by atoms with van der Waals surface area (Å²) in [4.78, 5) is 12.8. The summed E-state index contributed by atoms with van der Waals surface area (Å²) in [6, 6.07) is 10.1. The highest BCUT2D eigenvalue weighted by atomic mass is 32.2. The number of anilines is 1. The number of amides is 1. The molecule has 0 aliphatic carbocycles. The molecule has 156 valence electrons. The van der Waals surface area contributed by atoms with E-state index in [9.17, 15) is 13.2 Å². The number of nitrogens with one attached hydrogen (secondary N) is 1. The van der Waals surface area contributed by atoms with E-state index in [1.54, 1.807) is 44.6 Å². The number of rotatable bonds is 6. The zero-order chi connectivity index (χ0) is 21.3. The van der Waals surface area contributed by atoms with Crippen LogP contribution in [0.2, 0.25) is 0 Å². The molecule has 29 heavy (non-hydrogen) atoms. The van der Waals surface area contributed by atoms with Crippen molar-refractivity contribution in [1.29, 1.82) is 0 Å². The van der Waals surface area contributed by atoms with Crippen LogP contribution in [0.1, 0.15) is 41.4 Å². The molecular formula is C21H26N2O5S. The monoisotopic (exact) mass is 418 g/mol. The molecule has 1 aliphatic heterocycles. The maximum atomic E-state index is 12.8. The first kappa shape index (κ1) is 21.0. The number of hydrogen-bond donors (Lipinski definition) is 1. The van der Waals surface area contributed by atoms with Crippen molar-refractivity contribution in [3.8, 4) is 11.5 Å². The van der Waals surface area contributed by atoms with E-state index in [4.69, 9.17) is 9.47 Å². The Kier molecular flexibility index (Phi) is 5.75. The molecule has 0 saturated carbocycles. The molecule has 0 saturated heterocycles. The van der Waals surface area contributed by atoms with E-state index in [2.05, 4.69) is 5.32 Å². The van der Waals surface area contributed by atoms with Gasteiger partial charge in [0.15, 0.2) is 0 Å². The fourth-order valence-corrected chi connectivity index (χ4v) is 5.05. The summed E-state index contributed by atoms with van der Waals surface area (Å²) in [5.41, 5.74) is 2.78. The number of ether oxygens (including phenoxy) is 2. The lowest BCUT2D eigenvalue weighted by atomic mass is 10.0. The topological polar surface area (TPSA) is 84.9 Å². The maximum Gasteiger partial charge on any atom is 0.251 e. The molecule has 0 spiro atoms. The van der Waals surface area contributed by atoms with Crippen molar-refractivity contribution < 1.29 is 22.7 Å². The van der Waals surface area contributed by atoms with Crippen LogP contribution in [0.25, 0.3) is 0 Å². The Labute approximate surface area is 171 Å².